The molecule has 3 heterocycles. The number of aromatic nitrogens is 1. The van der Waals surface area contributed by atoms with Gasteiger partial charge in [0.15, 0.2) is 0 Å². The fourth-order valence-electron chi connectivity index (χ4n) is 5.04. The van der Waals surface area contributed by atoms with Gasteiger partial charge in [0, 0.05) is 49.2 Å². The van der Waals surface area contributed by atoms with Crippen molar-refractivity contribution in [1.29, 1.82) is 0 Å². The number of fused-ring (bicyclic) bond motifs is 1. The second-order valence-corrected chi connectivity index (χ2v) is 9.77. The molecule has 2 fully saturated rings. The number of amides is 2. The standard InChI is InChI=1S/C25H34N4O3/c1-16-8-10-29(11-9-16)25(32)18-5-6-19(15-28(3)14-18)26-24(31)21-13-23(30)27-22-7-4-17(2)12-20(21)22/h4,7,12-13,16,18-19H,5-6,8-11,14-15H2,1-3H3,(H,26,31)(H,27,30)/t18-,19+/m1/s1. The van der Waals surface area contributed by atoms with Crippen LogP contribution in [0.2, 0.25) is 0 Å². The van der Waals surface area contributed by atoms with Crippen LogP contribution >= 0.6 is 0 Å². The molecule has 0 unspecified atom stereocenters. The molecule has 172 valence electrons. The number of carbonyl (C=O) groups is 2. The van der Waals surface area contributed by atoms with Gasteiger partial charge in [-0.1, -0.05) is 18.6 Å². The highest BCUT2D eigenvalue weighted by molar-refractivity contribution is 6.06. The number of hydrogen-bond donors (Lipinski definition) is 2. The van der Waals surface area contributed by atoms with E-state index in [9.17, 15) is 14.4 Å². The largest absolute Gasteiger partial charge is 0.348 e. The summed E-state index contributed by atoms with van der Waals surface area (Å²) in [4.78, 5) is 45.3. The van der Waals surface area contributed by atoms with Gasteiger partial charge in [-0.2, -0.15) is 0 Å². The van der Waals surface area contributed by atoms with Gasteiger partial charge in [0.05, 0.1) is 11.5 Å². The Labute approximate surface area is 189 Å². The number of rotatable bonds is 3. The summed E-state index contributed by atoms with van der Waals surface area (Å²) in [7, 11) is 2.01. The van der Waals surface area contributed by atoms with Gasteiger partial charge in [-0.25, -0.2) is 0 Å². The van der Waals surface area contributed by atoms with E-state index in [1.54, 1.807) is 0 Å². The van der Waals surface area contributed by atoms with Crippen LogP contribution < -0.4 is 10.9 Å². The number of aromatic amines is 1. The number of carbonyl (C=O) groups excluding carboxylic acids is 2. The van der Waals surface area contributed by atoms with Crippen molar-refractivity contribution >= 4 is 22.7 Å². The summed E-state index contributed by atoms with van der Waals surface area (Å²) >= 11 is 0. The lowest BCUT2D eigenvalue weighted by atomic mass is 9.95. The van der Waals surface area contributed by atoms with Crippen molar-refractivity contribution in [2.45, 2.75) is 45.6 Å². The SMILES string of the molecule is Cc1ccc2[nH]c(=O)cc(C(=O)N[C@H]3CC[C@@H](C(=O)N4CCC(C)CC4)CN(C)C3)c2c1. The number of likely N-dealkylation sites (N-methyl/N-ethyl adjacent to an activating group) is 1. The van der Waals surface area contributed by atoms with Gasteiger partial charge in [-0.3, -0.25) is 14.4 Å². The van der Waals surface area contributed by atoms with Gasteiger partial charge in [0.25, 0.3) is 5.91 Å². The summed E-state index contributed by atoms with van der Waals surface area (Å²) in [6.45, 7) is 7.33. The van der Waals surface area contributed by atoms with Crippen LogP contribution in [0.25, 0.3) is 10.9 Å². The lowest BCUT2D eigenvalue weighted by Crippen LogP contribution is -2.44. The molecule has 2 saturated heterocycles. The number of nitrogens with zero attached hydrogens (tertiary/aromatic N) is 2. The molecule has 2 aromatic rings. The molecule has 0 aliphatic carbocycles. The number of piperidine rings is 1. The number of aryl methyl sites for hydroxylation is 1. The maximum atomic E-state index is 13.1. The van der Waals surface area contributed by atoms with Gasteiger partial charge in [0.1, 0.15) is 0 Å². The average molecular weight is 439 g/mol. The van der Waals surface area contributed by atoms with E-state index in [0.717, 1.165) is 49.7 Å². The number of hydrogen-bond acceptors (Lipinski definition) is 4. The van der Waals surface area contributed by atoms with E-state index >= 15 is 0 Å². The second kappa shape index (κ2) is 9.45. The molecule has 7 heteroatoms. The van der Waals surface area contributed by atoms with Crippen molar-refractivity contribution in [3.8, 4) is 0 Å². The molecule has 1 aromatic heterocycles. The lowest BCUT2D eigenvalue weighted by Gasteiger charge is -2.33. The van der Waals surface area contributed by atoms with Crippen LogP contribution in [0.1, 0.15) is 48.5 Å². The molecule has 2 amide bonds. The maximum absolute atomic E-state index is 13.1. The third-order valence-electron chi connectivity index (χ3n) is 6.95. The van der Waals surface area contributed by atoms with Crippen molar-refractivity contribution in [3.63, 3.8) is 0 Å². The summed E-state index contributed by atoms with van der Waals surface area (Å²) in [5.74, 6) is 0.686. The number of benzene rings is 1. The van der Waals surface area contributed by atoms with Gasteiger partial charge in [-0.15, -0.1) is 0 Å². The monoisotopic (exact) mass is 438 g/mol. The molecular formula is C25H34N4O3. The molecule has 4 rings (SSSR count). The first-order chi connectivity index (χ1) is 15.3. The summed E-state index contributed by atoms with van der Waals surface area (Å²) in [6, 6.07) is 6.99. The highest BCUT2D eigenvalue weighted by atomic mass is 16.2. The van der Waals surface area contributed by atoms with E-state index < -0.39 is 0 Å². The zero-order valence-electron chi connectivity index (χ0n) is 19.3. The first-order valence-corrected chi connectivity index (χ1v) is 11.7. The molecule has 2 aliphatic heterocycles. The molecule has 1 aromatic carbocycles. The quantitative estimate of drug-likeness (QED) is 0.771. The fourth-order valence-corrected chi connectivity index (χ4v) is 5.04. The average Bonchev–Trinajstić information content (AvgIpc) is 2.94. The summed E-state index contributed by atoms with van der Waals surface area (Å²) in [5.41, 5.74) is 1.80. The molecule has 2 aliphatic rings. The molecule has 2 N–H and O–H groups in total. The Hall–Kier alpha value is -2.67. The van der Waals surface area contributed by atoms with Gasteiger partial charge in [0.2, 0.25) is 11.5 Å². The number of nitrogens with one attached hydrogen (secondary N) is 2. The Balaban J connectivity index is 1.45. The molecule has 2 atom stereocenters. The molecule has 0 saturated carbocycles. The van der Waals surface area contributed by atoms with E-state index in [-0.39, 0.29) is 29.3 Å². The van der Waals surface area contributed by atoms with Crippen molar-refractivity contribution in [2.24, 2.45) is 11.8 Å². The van der Waals surface area contributed by atoms with Crippen molar-refractivity contribution in [1.82, 2.24) is 20.1 Å². The molecular weight excluding hydrogens is 404 g/mol. The predicted octanol–water partition coefficient (Wildman–Crippen LogP) is 2.54. The lowest BCUT2D eigenvalue weighted by molar-refractivity contribution is -0.137. The minimum atomic E-state index is -0.286. The van der Waals surface area contributed by atoms with Gasteiger partial charge < -0.3 is 20.1 Å². The molecule has 7 nitrogen and oxygen atoms in total. The molecule has 0 spiro atoms. The van der Waals surface area contributed by atoms with E-state index in [1.165, 1.54) is 6.07 Å². The second-order valence-electron chi connectivity index (χ2n) is 9.77. The van der Waals surface area contributed by atoms with Crippen LogP contribution in [-0.2, 0) is 4.79 Å². The Bertz CT molecular complexity index is 1050. The van der Waals surface area contributed by atoms with Crippen LogP contribution in [0, 0.1) is 18.8 Å². The summed E-state index contributed by atoms with van der Waals surface area (Å²) in [6.07, 6.45) is 3.67. The Morgan fingerprint density at radius 3 is 2.56 bits per heavy atom. The minimum absolute atomic E-state index is 0.0293. The number of likely N-dealkylation sites (tertiary alicyclic amines) is 2. The van der Waals surface area contributed by atoms with Crippen LogP contribution in [0.4, 0.5) is 0 Å². The summed E-state index contributed by atoms with van der Waals surface area (Å²) < 4.78 is 0. The Kier molecular flexibility index (Phi) is 6.65. The zero-order valence-corrected chi connectivity index (χ0v) is 19.3. The molecule has 0 radical (unpaired) electrons. The number of H-pyrrole nitrogens is 1. The first kappa shape index (κ1) is 22.5. The predicted molar refractivity (Wildman–Crippen MR) is 126 cm³/mol. The van der Waals surface area contributed by atoms with Crippen LogP contribution in [0.3, 0.4) is 0 Å². The van der Waals surface area contributed by atoms with E-state index in [4.69, 9.17) is 0 Å². The third-order valence-corrected chi connectivity index (χ3v) is 6.95. The Morgan fingerprint density at radius 1 is 1.06 bits per heavy atom. The first-order valence-electron chi connectivity index (χ1n) is 11.7. The fraction of sp³-hybridized carbons (Fsp3) is 0.560. The smallest absolute Gasteiger partial charge is 0.252 e. The Morgan fingerprint density at radius 2 is 1.81 bits per heavy atom. The van der Waals surface area contributed by atoms with Crippen molar-refractivity contribution < 1.29 is 9.59 Å². The third kappa shape index (κ3) is 5.04. The van der Waals surface area contributed by atoms with Gasteiger partial charge >= 0.3 is 0 Å². The van der Waals surface area contributed by atoms with Crippen LogP contribution in [0.15, 0.2) is 29.1 Å². The van der Waals surface area contributed by atoms with E-state index in [2.05, 4.69) is 22.1 Å². The molecule has 0 bridgehead atoms. The van der Waals surface area contributed by atoms with Crippen molar-refractivity contribution in [3.05, 3.63) is 45.7 Å². The van der Waals surface area contributed by atoms with Crippen LogP contribution in [0.5, 0.6) is 0 Å². The normalized spacial score (nSPS) is 23.2. The van der Waals surface area contributed by atoms with Gasteiger partial charge in [-0.05, 0) is 57.7 Å². The minimum Gasteiger partial charge on any atom is -0.348 e. The van der Waals surface area contributed by atoms with E-state index in [1.807, 2.05) is 37.1 Å². The highest BCUT2D eigenvalue weighted by Crippen LogP contribution is 2.23. The zero-order chi connectivity index (χ0) is 22.8. The highest BCUT2D eigenvalue weighted by Gasteiger charge is 2.31. The number of pyridine rings is 1. The topological polar surface area (TPSA) is 85.5 Å². The molecule has 32 heavy (non-hydrogen) atoms. The van der Waals surface area contributed by atoms with Crippen LogP contribution in [-0.4, -0.2) is 65.9 Å². The maximum Gasteiger partial charge on any atom is 0.252 e. The van der Waals surface area contributed by atoms with Crippen molar-refractivity contribution in [2.75, 3.05) is 33.2 Å². The van der Waals surface area contributed by atoms with E-state index in [0.29, 0.717) is 30.1 Å². The summed E-state index contributed by atoms with van der Waals surface area (Å²) in [5, 5.41) is 3.88.